The van der Waals surface area contributed by atoms with Crippen LogP contribution < -0.4 is 10.6 Å². The molecule has 0 radical (unpaired) electrons. The van der Waals surface area contributed by atoms with Crippen molar-refractivity contribution in [3.8, 4) is 22.4 Å². The minimum absolute atomic E-state index is 0.0492. The number of hydrogen-bond acceptors (Lipinski definition) is 8. The molecule has 7 rings (SSSR count). The van der Waals surface area contributed by atoms with E-state index in [1.807, 2.05) is 0 Å². The molecule has 4 amide bonds. The maximum Gasteiger partial charge on any atom is 0.359 e. The van der Waals surface area contributed by atoms with E-state index in [2.05, 4.69) is 20.7 Å². The number of anilines is 1. The molecule has 0 unspecified atom stereocenters. The summed E-state index contributed by atoms with van der Waals surface area (Å²) in [4.78, 5) is 61.3. The summed E-state index contributed by atoms with van der Waals surface area (Å²) < 4.78 is 39.7. The van der Waals surface area contributed by atoms with Crippen molar-refractivity contribution in [2.75, 3.05) is 97.6 Å². The standard InChI is InChI=1S/C40H47ClF2N10O6/c1-25-31(21-46-52(25)14-17-59-3)28-6-7-30(36(43)35(28)42)33-22-45-37(48(33)2)38(56)47-27-4-5-29(32(41)18-27)39(57)49-8-10-50(11-9-49)40(58)51-12-15-53(16-13-51,24-34(54)55)23-26-19-44-20-26/h4-7,18,21-22,26,44H,8-17,19-20,23-24H2,1-3H3,(H-,47,54,55,56,57)/p+1. The molecule has 5 heterocycles. The van der Waals surface area contributed by atoms with Crippen molar-refractivity contribution >= 4 is 41.1 Å². The number of amides is 4. The highest BCUT2D eigenvalue weighted by molar-refractivity contribution is 6.34. The van der Waals surface area contributed by atoms with Crippen LogP contribution in [0.15, 0.2) is 42.7 Å². The van der Waals surface area contributed by atoms with Crippen LogP contribution in [0.5, 0.6) is 0 Å². The Morgan fingerprint density at radius 2 is 1.61 bits per heavy atom. The molecule has 0 aliphatic carbocycles. The number of ether oxygens (including phenoxy) is 1. The van der Waals surface area contributed by atoms with Crippen molar-refractivity contribution in [2.24, 2.45) is 13.0 Å². The van der Waals surface area contributed by atoms with Gasteiger partial charge < -0.3 is 44.2 Å². The number of piperazine rings is 2. The molecule has 0 spiro atoms. The fraction of sp³-hybridized carbons (Fsp3) is 0.450. The van der Waals surface area contributed by atoms with Gasteiger partial charge in [0, 0.05) is 87.4 Å². The maximum absolute atomic E-state index is 15.6. The highest BCUT2D eigenvalue weighted by atomic mass is 35.5. The van der Waals surface area contributed by atoms with Crippen LogP contribution in [-0.2, 0) is 23.1 Å². The molecule has 3 saturated heterocycles. The molecule has 3 N–H and O–H groups in total. The number of carboxylic acids is 1. The Balaban J connectivity index is 0.939. The van der Waals surface area contributed by atoms with Gasteiger partial charge in [0.2, 0.25) is 0 Å². The first-order valence-electron chi connectivity index (χ1n) is 19.5. The van der Waals surface area contributed by atoms with Crippen molar-refractivity contribution in [1.82, 2.24) is 39.3 Å². The molecule has 19 heteroatoms. The number of quaternary nitrogens is 1. The Bertz CT molecular complexity index is 2250. The summed E-state index contributed by atoms with van der Waals surface area (Å²) in [5.41, 5.74) is 1.77. The number of rotatable bonds is 12. The summed E-state index contributed by atoms with van der Waals surface area (Å²) in [6.07, 6.45) is 2.77. The lowest BCUT2D eigenvalue weighted by molar-refractivity contribution is -0.928. The Labute approximate surface area is 344 Å². The van der Waals surface area contributed by atoms with E-state index in [0.29, 0.717) is 87.2 Å². The first-order chi connectivity index (χ1) is 28.3. The number of methoxy groups -OCH3 is 1. The van der Waals surface area contributed by atoms with Gasteiger partial charge in [-0.25, -0.2) is 23.4 Å². The molecule has 16 nitrogen and oxygen atoms in total. The summed E-state index contributed by atoms with van der Waals surface area (Å²) in [7, 11) is 3.08. The normalized spacial score (nSPS) is 16.9. The molecule has 2 aromatic heterocycles. The third kappa shape index (κ3) is 8.66. The van der Waals surface area contributed by atoms with E-state index in [1.54, 1.807) is 33.4 Å². The summed E-state index contributed by atoms with van der Waals surface area (Å²) in [5, 5.41) is 19.9. The van der Waals surface area contributed by atoms with Crippen LogP contribution in [0, 0.1) is 24.5 Å². The number of aromatic nitrogens is 4. The fourth-order valence-corrected chi connectivity index (χ4v) is 8.42. The molecule has 59 heavy (non-hydrogen) atoms. The van der Waals surface area contributed by atoms with Gasteiger partial charge in [-0.05, 0) is 31.2 Å². The predicted octanol–water partition coefficient (Wildman–Crippen LogP) is 3.40. The average molecular weight is 838 g/mol. The highest BCUT2D eigenvalue weighted by Gasteiger charge is 2.41. The Hall–Kier alpha value is -5.43. The minimum Gasteiger partial charge on any atom is -0.477 e. The topological polar surface area (TPSA) is 167 Å². The molecule has 3 aliphatic heterocycles. The van der Waals surface area contributed by atoms with Crippen LogP contribution in [-0.4, -0.2) is 160 Å². The SMILES string of the molecule is COCCn1ncc(-c2ccc(-c3cnc(C(=O)Nc4ccc(C(=O)N5CCN(C(=O)N6CC[N+](CC(=O)O)(CC7CNC7)CC6)CC5)c(Cl)c4)n3C)c(F)c2F)c1C. The van der Waals surface area contributed by atoms with Crippen molar-refractivity contribution in [2.45, 2.75) is 13.5 Å². The molecule has 314 valence electrons. The second kappa shape index (κ2) is 17.4. The van der Waals surface area contributed by atoms with Gasteiger partial charge in [0.05, 0.1) is 74.5 Å². The molecular formula is C40H48ClF2N10O6+. The number of imidazole rings is 1. The first kappa shape index (κ1) is 41.7. The molecule has 2 aromatic carbocycles. The Kier molecular flexibility index (Phi) is 12.3. The van der Waals surface area contributed by atoms with E-state index < -0.39 is 23.5 Å². The van der Waals surface area contributed by atoms with Gasteiger partial charge >= 0.3 is 12.0 Å². The fourth-order valence-electron chi connectivity index (χ4n) is 8.16. The number of benzene rings is 2. The number of carbonyl (C=O) groups excluding carboxylic acids is 3. The number of carbonyl (C=O) groups is 4. The van der Waals surface area contributed by atoms with E-state index in [-0.39, 0.29) is 57.4 Å². The van der Waals surface area contributed by atoms with Crippen molar-refractivity contribution in [3.05, 3.63) is 76.5 Å². The van der Waals surface area contributed by atoms with Crippen molar-refractivity contribution in [3.63, 3.8) is 0 Å². The van der Waals surface area contributed by atoms with Crippen LogP contribution in [0.2, 0.25) is 5.02 Å². The lowest BCUT2D eigenvalue weighted by atomic mass is 10.0. The summed E-state index contributed by atoms with van der Waals surface area (Å²) >= 11 is 6.57. The maximum atomic E-state index is 15.6. The second-order valence-electron chi connectivity index (χ2n) is 15.4. The van der Waals surface area contributed by atoms with Gasteiger partial charge in [0.1, 0.15) is 0 Å². The largest absolute Gasteiger partial charge is 0.477 e. The molecule has 4 aromatic rings. The van der Waals surface area contributed by atoms with Gasteiger partial charge in [0.15, 0.2) is 24.0 Å². The number of nitrogens with zero attached hydrogens (tertiary/aromatic N) is 8. The number of carboxylic acid groups (broad SMARTS) is 1. The molecule has 0 atom stereocenters. The quantitative estimate of drug-likeness (QED) is 0.181. The van der Waals surface area contributed by atoms with Gasteiger partial charge in [-0.15, -0.1) is 0 Å². The molecule has 3 fully saturated rings. The molecule has 0 saturated carbocycles. The first-order valence-corrected chi connectivity index (χ1v) is 19.9. The van der Waals surface area contributed by atoms with E-state index >= 15 is 8.78 Å². The Morgan fingerprint density at radius 3 is 2.25 bits per heavy atom. The van der Waals surface area contributed by atoms with Crippen molar-refractivity contribution < 1.29 is 42.3 Å². The van der Waals surface area contributed by atoms with Gasteiger partial charge in [-0.1, -0.05) is 17.7 Å². The number of hydrogen-bond donors (Lipinski definition) is 3. The van der Waals surface area contributed by atoms with Crippen molar-refractivity contribution in [1.29, 1.82) is 0 Å². The lowest BCUT2D eigenvalue weighted by Gasteiger charge is -2.47. The zero-order valence-corrected chi connectivity index (χ0v) is 34.0. The van der Waals surface area contributed by atoms with Crippen LogP contribution in [0.3, 0.4) is 0 Å². The summed E-state index contributed by atoms with van der Waals surface area (Å²) in [5.74, 6) is -3.56. The summed E-state index contributed by atoms with van der Waals surface area (Å²) in [6, 6.07) is 7.29. The van der Waals surface area contributed by atoms with Gasteiger partial charge in [-0.3, -0.25) is 14.3 Å². The third-order valence-corrected chi connectivity index (χ3v) is 12.0. The number of urea groups is 1. The van der Waals surface area contributed by atoms with Gasteiger partial charge in [-0.2, -0.15) is 5.10 Å². The lowest BCUT2D eigenvalue weighted by Crippen LogP contribution is -2.67. The minimum atomic E-state index is -1.10. The van der Waals surface area contributed by atoms with E-state index in [9.17, 15) is 24.3 Å². The highest BCUT2D eigenvalue weighted by Crippen LogP contribution is 2.33. The Morgan fingerprint density at radius 1 is 0.949 bits per heavy atom. The average Bonchev–Trinajstić information content (AvgIpc) is 3.77. The third-order valence-electron chi connectivity index (χ3n) is 11.7. The van der Waals surface area contributed by atoms with Crippen LogP contribution in [0.25, 0.3) is 22.4 Å². The van der Waals surface area contributed by atoms with E-state index in [0.717, 1.165) is 19.6 Å². The van der Waals surface area contributed by atoms with E-state index in [4.69, 9.17) is 16.3 Å². The second-order valence-corrected chi connectivity index (χ2v) is 15.8. The van der Waals surface area contributed by atoms with Crippen LogP contribution in [0.1, 0.15) is 26.7 Å². The molecular weight excluding hydrogens is 790 g/mol. The zero-order chi connectivity index (χ0) is 42.0. The van der Waals surface area contributed by atoms with Crippen LogP contribution in [0.4, 0.5) is 19.3 Å². The number of aliphatic carboxylic acids is 1. The number of halogens is 3. The van der Waals surface area contributed by atoms with Crippen LogP contribution >= 0.6 is 11.6 Å². The van der Waals surface area contributed by atoms with Gasteiger partial charge in [0.25, 0.3) is 11.8 Å². The monoisotopic (exact) mass is 837 g/mol. The zero-order valence-electron chi connectivity index (χ0n) is 33.2. The molecule has 3 aliphatic rings. The summed E-state index contributed by atoms with van der Waals surface area (Å²) in [6.45, 7) is 8.66. The number of nitrogens with one attached hydrogen (secondary N) is 2. The molecule has 0 bridgehead atoms. The van der Waals surface area contributed by atoms with E-state index in [1.165, 1.54) is 54.3 Å². The predicted molar refractivity (Wildman–Crippen MR) is 214 cm³/mol. The smallest absolute Gasteiger partial charge is 0.359 e.